The maximum Gasteiger partial charge on any atom is 0.225 e. The highest BCUT2D eigenvalue weighted by Gasteiger charge is 2.43. The summed E-state index contributed by atoms with van der Waals surface area (Å²) in [4.78, 5) is 23.4. The maximum atomic E-state index is 12.9. The van der Waals surface area contributed by atoms with Crippen LogP contribution in [0.2, 0.25) is 0 Å². The van der Waals surface area contributed by atoms with E-state index in [9.17, 15) is 14.0 Å². The Morgan fingerprint density at radius 2 is 2.09 bits per heavy atom. The van der Waals surface area contributed by atoms with E-state index in [1.54, 1.807) is 12.1 Å². The summed E-state index contributed by atoms with van der Waals surface area (Å²) in [6.45, 7) is 2.66. The Morgan fingerprint density at radius 1 is 1.41 bits per heavy atom. The highest BCUT2D eigenvalue weighted by atomic mass is 19.1. The fourth-order valence-electron chi connectivity index (χ4n) is 2.38. The fraction of sp³-hybridized carbons (Fsp3) is 0.500. The van der Waals surface area contributed by atoms with Gasteiger partial charge in [-0.1, -0.05) is 12.1 Å². The summed E-state index contributed by atoms with van der Waals surface area (Å²) in [6.07, 6.45) is 1.09. The van der Waals surface area contributed by atoms with Crippen molar-refractivity contribution in [2.45, 2.75) is 25.9 Å². The average molecular weight is 308 g/mol. The molecule has 0 saturated heterocycles. The minimum absolute atomic E-state index is 0.00544. The van der Waals surface area contributed by atoms with Crippen molar-refractivity contribution in [3.8, 4) is 0 Å². The lowest BCUT2D eigenvalue weighted by Gasteiger charge is -2.14. The minimum atomic E-state index is -0.515. The van der Waals surface area contributed by atoms with Crippen LogP contribution in [0.1, 0.15) is 18.9 Å². The smallest absolute Gasteiger partial charge is 0.225 e. The van der Waals surface area contributed by atoms with Crippen molar-refractivity contribution in [3.63, 3.8) is 0 Å². The molecule has 0 heterocycles. The van der Waals surface area contributed by atoms with E-state index in [4.69, 9.17) is 10.5 Å². The van der Waals surface area contributed by atoms with E-state index >= 15 is 0 Å². The molecule has 5 nitrogen and oxygen atoms in total. The van der Waals surface area contributed by atoms with Gasteiger partial charge in [-0.05, 0) is 37.5 Å². The van der Waals surface area contributed by atoms with E-state index in [1.807, 2.05) is 6.92 Å². The molecular weight excluding hydrogens is 287 g/mol. The van der Waals surface area contributed by atoms with Crippen molar-refractivity contribution in [1.29, 1.82) is 0 Å². The van der Waals surface area contributed by atoms with Crippen LogP contribution in [0.15, 0.2) is 24.3 Å². The van der Waals surface area contributed by atoms with Gasteiger partial charge in [0.25, 0.3) is 0 Å². The van der Waals surface area contributed by atoms with Crippen molar-refractivity contribution in [1.82, 2.24) is 5.32 Å². The van der Waals surface area contributed by atoms with Crippen LogP contribution >= 0.6 is 0 Å². The van der Waals surface area contributed by atoms with Crippen LogP contribution in [0.3, 0.4) is 0 Å². The molecule has 1 aliphatic carbocycles. The van der Waals surface area contributed by atoms with Crippen molar-refractivity contribution in [2.24, 2.45) is 17.6 Å². The molecule has 0 unspecified atom stereocenters. The number of amides is 2. The number of nitrogens with one attached hydrogen (secondary N) is 1. The fourth-order valence-corrected chi connectivity index (χ4v) is 2.38. The normalized spacial score (nSPS) is 21.2. The standard InChI is InChI=1S/C16H21FN2O3/c1-2-22-14-8-13(14)16(21)19-9-11(15(18)20)7-10-3-5-12(17)6-4-10/h3-6,11,13-14H,2,7-9H2,1H3,(H2,18,20)(H,19,21)/t11-,13+,14-/m1/s1. The van der Waals surface area contributed by atoms with E-state index in [2.05, 4.69) is 5.32 Å². The molecule has 1 aromatic carbocycles. The highest BCUT2D eigenvalue weighted by molar-refractivity contribution is 5.83. The largest absolute Gasteiger partial charge is 0.378 e. The zero-order chi connectivity index (χ0) is 16.1. The summed E-state index contributed by atoms with van der Waals surface area (Å²) in [5, 5.41) is 2.75. The van der Waals surface area contributed by atoms with E-state index < -0.39 is 11.8 Å². The first-order valence-electron chi connectivity index (χ1n) is 7.44. The molecule has 0 radical (unpaired) electrons. The van der Waals surface area contributed by atoms with Crippen molar-refractivity contribution < 1.29 is 18.7 Å². The van der Waals surface area contributed by atoms with Gasteiger partial charge in [-0.25, -0.2) is 4.39 Å². The first-order valence-corrected chi connectivity index (χ1v) is 7.44. The van der Waals surface area contributed by atoms with Gasteiger partial charge in [0.1, 0.15) is 5.82 Å². The molecule has 1 aromatic rings. The van der Waals surface area contributed by atoms with E-state index in [0.29, 0.717) is 13.0 Å². The topological polar surface area (TPSA) is 81.4 Å². The number of ether oxygens (including phenoxy) is 1. The quantitative estimate of drug-likeness (QED) is 0.752. The first kappa shape index (κ1) is 16.4. The van der Waals surface area contributed by atoms with Crippen LogP contribution in [0.25, 0.3) is 0 Å². The average Bonchev–Trinajstić information content (AvgIpc) is 3.24. The lowest BCUT2D eigenvalue weighted by Crippen LogP contribution is -2.38. The van der Waals surface area contributed by atoms with Crippen molar-refractivity contribution in [2.75, 3.05) is 13.2 Å². The molecule has 3 atom stereocenters. The Morgan fingerprint density at radius 3 is 2.68 bits per heavy atom. The molecule has 1 fully saturated rings. The van der Waals surface area contributed by atoms with Crippen molar-refractivity contribution in [3.05, 3.63) is 35.6 Å². The molecule has 0 bridgehead atoms. The van der Waals surface area contributed by atoms with Gasteiger partial charge < -0.3 is 15.8 Å². The van der Waals surface area contributed by atoms with Crippen LogP contribution in [0, 0.1) is 17.7 Å². The van der Waals surface area contributed by atoms with Gasteiger partial charge in [0.2, 0.25) is 11.8 Å². The number of carbonyl (C=O) groups is 2. The van der Waals surface area contributed by atoms with Gasteiger partial charge in [-0.3, -0.25) is 9.59 Å². The van der Waals surface area contributed by atoms with Gasteiger partial charge in [0.15, 0.2) is 0 Å². The van der Waals surface area contributed by atoms with Gasteiger partial charge in [0.05, 0.1) is 17.9 Å². The van der Waals surface area contributed by atoms with E-state index in [1.165, 1.54) is 12.1 Å². The molecule has 3 N–H and O–H groups in total. The second-order valence-corrected chi connectivity index (χ2v) is 5.51. The van der Waals surface area contributed by atoms with E-state index in [-0.39, 0.29) is 30.3 Å². The number of benzene rings is 1. The molecule has 0 spiro atoms. The summed E-state index contributed by atoms with van der Waals surface area (Å²) in [5.41, 5.74) is 6.18. The third kappa shape index (κ3) is 4.53. The Balaban J connectivity index is 1.83. The predicted octanol–water partition coefficient (Wildman–Crippen LogP) is 1.01. The molecular formula is C16H21FN2O3. The summed E-state index contributed by atoms with van der Waals surface area (Å²) in [5.74, 6) is -1.56. The monoisotopic (exact) mass is 308 g/mol. The van der Waals surface area contributed by atoms with Crippen LogP contribution in [0.4, 0.5) is 4.39 Å². The van der Waals surface area contributed by atoms with Crippen molar-refractivity contribution >= 4 is 11.8 Å². The maximum absolute atomic E-state index is 12.9. The molecule has 120 valence electrons. The molecule has 2 rings (SSSR count). The molecule has 0 aliphatic heterocycles. The van der Waals surface area contributed by atoms with Crippen LogP contribution in [-0.2, 0) is 20.7 Å². The van der Waals surface area contributed by atoms with Gasteiger partial charge in [-0.15, -0.1) is 0 Å². The number of halogens is 1. The number of carbonyl (C=O) groups excluding carboxylic acids is 2. The Labute approximate surface area is 129 Å². The lowest BCUT2D eigenvalue weighted by molar-refractivity contribution is -0.124. The lowest BCUT2D eigenvalue weighted by atomic mass is 9.98. The molecule has 1 aliphatic rings. The predicted molar refractivity (Wildman–Crippen MR) is 79.3 cm³/mol. The Hall–Kier alpha value is -1.95. The Bertz CT molecular complexity index is 533. The zero-order valence-electron chi connectivity index (χ0n) is 12.5. The molecule has 1 saturated carbocycles. The van der Waals surface area contributed by atoms with Gasteiger partial charge in [0, 0.05) is 13.2 Å². The number of hydrogen-bond acceptors (Lipinski definition) is 3. The number of hydrogen-bond donors (Lipinski definition) is 2. The summed E-state index contributed by atoms with van der Waals surface area (Å²) < 4.78 is 18.2. The SMILES string of the molecule is CCO[C@@H]1C[C@@H]1C(=O)NC[C@@H](Cc1ccc(F)cc1)C(N)=O. The molecule has 0 aromatic heterocycles. The molecule has 2 amide bonds. The molecule has 6 heteroatoms. The zero-order valence-corrected chi connectivity index (χ0v) is 12.5. The third-order valence-electron chi connectivity index (χ3n) is 3.77. The summed E-state index contributed by atoms with van der Waals surface area (Å²) in [6, 6.07) is 5.89. The number of nitrogens with two attached hydrogens (primary N) is 1. The minimum Gasteiger partial charge on any atom is -0.378 e. The van der Waals surface area contributed by atoms with Crippen LogP contribution in [0.5, 0.6) is 0 Å². The third-order valence-corrected chi connectivity index (χ3v) is 3.77. The second-order valence-electron chi connectivity index (χ2n) is 5.51. The Kier molecular flexibility index (Phi) is 5.49. The van der Waals surface area contributed by atoms with Gasteiger partial charge in [-0.2, -0.15) is 0 Å². The second kappa shape index (κ2) is 7.35. The number of primary amides is 1. The van der Waals surface area contributed by atoms with Crippen LogP contribution < -0.4 is 11.1 Å². The van der Waals surface area contributed by atoms with E-state index in [0.717, 1.165) is 12.0 Å². The summed E-state index contributed by atoms with van der Waals surface area (Å²) >= 11 is 0. The molecule has 22 heavy (non-hydrogen) atoms. The van der Waals surface area contributed by atoms with Gasteiger partial charge >= 0.3 is 0 Å². The first-order chi connectivity index (χ1) is 10.5. The summed E-state index contributed by atoms with van der Waals surface area (Å²) in [7, 11) is 0. The van der Waals surface area contributed by atoms with Crippen LogP contribution in [-0.4, -0.2) is 31.1 Å². The number of rotatable bonds is 8. The highest BCUT2D eigenvalue weighted by Crippen LogP contribution is 2.33.